The molecule has 0 atom stereocenters. The lowest BCUT2D eigenvalue weighted by Gasteiger charge is -2.22. The third-order valence-electron chi connectivity index (χ3n) is 11.5. The Labute approximate surface area is 307 Å². The molecule has 0 aliphatic heterocycles. The van der Waals surface area contributed by atoms with Crippen molar-refractivity contribution >= 4 is 22.3 Å². The molecule has 0 radical (unpaired) electrons. The lowest BCUT2D eigenvalue weighted by Crippen LogP contribution is -2.15. The summed E-state index contributed by atoms with van der Waals surface area (Å²) in [7, 11) is 0. The van der Waals surface area contributed by atoms with Crippen LogP contribution in [0.4, 0.5) is 0 Å². The van der Waals surface area contributed by atoms with Crippen LogP contribution in [0.5, 0.6) is 0 Å². The minimum Gasteiger partial charge on any atom is -0.383 e. The molecule has 7 aromatic carbocycles. The predicted molar refractivity (Wildman–Crippen MR) is 220 cm³/mol. The largest absolute Gasteiger partial charge is 0.383 e. The molecule has 7 aromatic rings. The van der Waals surface area contributed by atoms with E-state index in [1.165, 1.54) is 72.0 Å². The number of nitrogens with zero attached hydrogens (tertiary/aromatic N) is 1. The van der Waals surface area contributed by atoms with E-state index in [-0.39, 0.29) is 10.8 Å². The topological polar surface area (TPSA) is 38.4 Å². The fraction of sp³-hybridized carbons (Fsp3) is 0.140. The molecule has 0 saturated carbocycles. The molecule has 0 bridgehead atoms. The molecule has 0 saturated heterocycles. The maximum atomic E-state index is 6.78. The van der Waals surface area contributed by atoms with Crippen molar-refractivity contribution in [2.24, 2.45) is 10.7 Å². The van der Waals surface area contributed by atoms with E-state index in [1.807, 2.05) is 30.3 Å². The highest BCUT2D eigenvalue weighted by Gasteiger charge is 2.38. The predicted octanol–water partition coefficient (Wildman–Crippen LogP) is 12.1. The summed E-state index contributed by atoms with van der Waals surface area (Å²) in [5.41, 5.74) is 23.9. The second-order valence-electron chi connectivity index (χ2n) is 15.4. The Kier molecular flexibility index (Phi) is 7.41. The summed E-state index contributed by atoms with van der Waals surface area (Å²) < 4.78 is 0. The normalized spacial score (nSPS) is 15.2. The number of aliphatic imine (C=N–C) groups is 1. The van der Waals surface area contributed by atoms with E-state index < -0.39 is 0 Å². The van der Waals surface area contributed by atoms with E-state index >= 15 is 0 Å². The van der Waals surface area contributed by atoms with E-state index in [1.54, 1.807) is 0 Å². The third-order valence-corrected chi connectivity index (χ3v) is 11.5. The number of allylic oxidation sites excluding steroid dienone is 1. The van der Waals surface area contributed by atoms with Gasteiger partial charge in [-0.15, -0.1) is 0 Å². The highest BCUT2D eigenvalue weighted by atomic mass is 14.9. The number of nitrogens with two attached hydrogens (primary N) is 1. The SMILES string of the molecule is CC1(C)c2ccccc2-c2ccc(-c3cccc(C/C=C(\N=C(N)c4ccccc4)c4cccc5c4-c4cc6ccccc6cc4C5(C)C)c3)cc21. The summed E-state index contributed by atoms with van der Waals surface area (Å²) in [5, 5.41) is 2.51. The van der Waals surface area contributed by atoms with E-state index in [0.717, 1.165) is 16.8 Å². The molecular weight excluding hydrogens is 629 g/mol. The van der Waals surface area contributed by atoms with Gasteiger partial charge in [0.1, 0.15) is 5.84 Å². The van der Waals surface area contributed by atoms with E-state index in [9.17, 15) is 0 Å². The quantitative estimate of drug-likeness (QED) is 0.139. The van der Waals surface area contributed by atoms with Crippen molar-refractivity contribution in [2.75, 3.05) is 0 Å². The summed E-state index contributed by atoms with van der Waals surface area (Å²) in [6, 6.07) is 54.9. The summed E-state index contributed by atoms with van der Waals surface area (Å²) >= 11 is 0. The molecule has 52 heavy (non-hydrogen) atoms. The van der Waals surface area contributed by atoms with Gasteiger partial charge in [0.2, 0.25) is 0 Å². The molecule has 0 heterocycles. The molecule has 0 unspecified atom stereocenters. The smallest absolute Gasteiger partial charge is 0.131 e. The van der Waals surface area contributed by atoms with Gasteiger partial charge in [-0.2, -0.15) is 0 Å². The number of rotatable bonds is 6. The average molecular weight is 671 g/mol. The number of fused-ring (bicyclic) bond motifs is 7. The van der Waals surface area contributed by atoms with Gasteiger partial charge >= 0.3 is 0 Å². The monoisotopic (exact) mass is 670 g/mol. The number of hydrogen-bond acceptors (Lipinski definition) is 1. The van der Waals surface area contributed by atoms with Crippen molar-refractivity contribution in [2.45, 2.75) is 44.9 Å². The highest BCUT2D eigenvalue weighted by Crippen LogP contribution is 2.53. The zero-order chi connectivity index (χ0) is 35.6. The highest BCUT2D eigenvalue weighted by molar-refractivity contribution is 6.03. The molecular formula is C50H42N2. The average Bonchev–Trinajstić information content (AvgIpc) is 3.54. The molecule has 0 spiro atoms. The van der Waals surface area contributed by atoms with Crippen LogP contribution >= 0.6 is 0 Å². The van der Waals surface area contributed by atoms with E-state index in [0.29, 0.717) is 12.3 Å². The van der Waals surface area contributed by atoms with Crippen molar-refractivity contribution < 1.29 is 0 Å². The number of hydrogen-bond donors (Lipinski definition) is 1. The molecule has 2 aliphatic rings. The van der Waals surface area contributed by atoms with Crippen molar-refractivity contribution in [3.63, 3.8) is 0 Å². The Bertz CT molecular complexity index is 2600. The second-order valence-corrected chi connectivity index (χ2v) is 15.4. The molecule has 0 amide bonds. The molecule has 2 aliphatic carbocycles. The first-order chi connectivity index (χ1) is 25.2. The fourth-order valence-electron chi connectivity index (χ4n) is 8.68. The van der Waals surface area contributed by atoms with Crippen LogP contribution in [0.2, 0.25) is 0 Å². The first kappa shape index (κ1) is 32.0. The maximum Gasteiger partial charge on any atom is 0.131 e. The van der Waals surface area contributed by atoms with Crippen molar-refractivity contribution in [1.82, 2.24) is 0 Å². The minimum atomic E-state index is -0.148. The Morgan fingerprint density at radius 3 is 2.00 bits per heavy atom. The van der Waals surface area contributed by atoms with E-state index in [4.69, 9.17) is 10.7 Å². The molecule has 2 N–H and O–H groups in total. The molecule has 2 heteroatoms. The van der Waals surface area contributed by atoms with Crippen LogP contribution in [0, 0.1) is 0 Å². The fourth-order valence-corrected chi connectivity index (χ4v) is 8.68. The molecule has 0 fully saturated rings. The first-order valence-electron chi connectivity index (χ1n) is 18.3. The van der Waals surface area contributed by atoms with Crippen LogP contribution in [0.1, 0.15) is 66.6 Å². The van der Waals surface area contributed by atoms with Crippen LogP contribution in [0.25, 0.3) is 49.9 Å². The van der Waals surface area contributed by atoms with Gasteiger partial charge in [0.25, 0.3) is 0 Å². The molecule has 2 nitrogen and oxygen atoms in total. The van der Waals surface area contributed by atoms with Crippen molar-refractivity contribution in [3.05, 3.63) is 197 Å². The summed E-state index contributed by atoms with van der Waals surface area (Å²) in [6.07, 6.45) is 2.98. The molecule has 9 rings (SSSR count). The summed E-state index contributed by atoms with van der Waals surface area (Å²) in [4.78, 5) is 5.20. The molecule has 0 aromatic heterocycles. The minimum absolute atomic E-state index is 0.0384. The van der Waals surface area contributed by atoms with Gasteiger partial charge < -0.3 is 5.73 Å². The van der Waals surface area contributed by atoms with Crippen LogP contribution in [0.3, 0.4) is 0 Å². The van der Waals surface area contributed by atoms with Gasteiger partial charge in [-0.25, -0.2) is 4.99 Å². The lowest BCUT2D eigenvalue weighted by molar-refractivity contribution is 0.660. The number of benzene rings is 7. The van der Waals surface area contributed by atoms with Crippen molar-refractivity contribution in [1.29, 1.82) is 0 Å². The van der Waals surface area contributed by atoms with Gasteiger partial charge in [-0.3, -0.25) is 0 Å². The zero-order valence-corrected chi connectivity index (χ0v) is 30.2. The summed E-state index contributed by atoms with van der Waals surface area (Å²) in [6.45, 7) is 9.36. The first-order valence-corrected chi connectivity index (χ1v) is 18.3. The van der Waals surface area contributed by atoms with Crippen LogP contribution in [-0.4, -0.2) is 5.84 Å². The van der Waals surface area contributed by atoms with Gasteiger partial charge in [-0.1, -0.05) is 167 Å². The van der Waals surface area contributed by atoms with Gasteiger partial charge in [0, 0.05) is 22.0 Å². The Hall–Kier alpha value is -5.99. The third kappa shape index (κ3) is 5.13. The summed E-state index contributed by atoms with van der Waals surface area (Å²) in [5.74, 6) is 0.510. The van der Waals surface area contributed by atoms with Crippen LogP contribution < -0.4 is 5.73 Å². The van der Waals surface area contributed by atoms with Gasteiger partial charge in [-0.05, 0) is 96.6 Å². The molecule has 252 valence electrons. The Morgan fingerprint density at radius 1 is 0.538 bits per heavy atom. The zero-order valence-electron chi connectivity index (χ0n) is 30.2. The van der Waals surface area contributed by atoms with Crippen molar-refractivity contribution in [3.8, 4) is 33.4 Å². The van der Waals surface area contributed by atoms with Gasteiger partial charge in [0.15, 0.2) is 0 Å². The van der Waals surface area contributed by atoms with Crippen LogP contribution in [-0.2, 0) is 17.3 Å². The van der Waals surface area contributed by atoms with Crippen LogP contribution in [0.15, 0.2) is 163 Å². The van der Waals surface area contributed by atoms with Gasteiger partial charge in [0.05, 0.1) is 5.70 Å². The second kappa shape index (κ2) is 12.1. The Morgan fingerprint density at radius 2 is 1.17 bits per heavy atom. The van der Waals surface area contributed by atoms with E-state index in [2.05, 4.69) is 155 Å². The lowest BCUT2D eigenvalue weighted by atomic mass is 9.81. The number of amidine groups is 1. The maximum absolute atomic E-state index is 6.78. The standard InChI is InChI=1S/C50H42N2/c1-49(2)42-22-11-10-20-38(42)39-26-25-37(31-44(39)49)34-19-12-14-32(28-34)24-27-46(52-48(51)33-15-6-5-7-16-33)40-21-13-23-43-47(40)41-29-35-17-8-9-18-36(35)30-45(41)50(43,3)4/h5-23,25-31H,24H2,1-4H3,(H2,51,52)/b46-27-. The Balaban J connectivity index is 1.14.